The highest BCUT2D eigenvalue weighted by molar-refractivity contribution is 5.73. The van der Waals surface area contributed by atoms with Crippen molar-refractivity contribution in [2.24, 2.45) is 11.8 Å². The zero-order valence-electron chi connectivity index (χ0n) is 12.9. The molecule has 0 unspecified atom stereocenters. The minimum Gasteiger partial charge on any atom is -0.469 e. The maximum Gasteiger partial charge on any atom is 0.309 e. The van der Waals surface area contributed by atoms with Gasteiger partial charge in [0.2, 0.25) is 0 Å². The van der Waals surface area contributed by atoms with E-state index >= 15 is 0 Å². The highest BCUT2D eigenvalue weighted by Gasteiger charge is 2.53. The van der Waals surface area contributed by atoms with Crippen LogP contribution in [0.15, 0.2) is 0 Å². The number of unbranched alkanes of at least 4 members (excludes halogenated alkanes) is 5. The zero-order valence-corrected chi connectivity index (χ0v) is 12.9. The number of rotatable bonds is 8. The van der Waals surface area contributed by atoms with E-state index in [1.54, 1.807) is 0 Å². The van der Waals surface area contributed by atoms with Gasteiger partial charge < -0.3 is 14.2 Å². The van der Waals surface area contributed by atoms with Crippen molar-refractivity contribution in [3.63, 3.8) is 0 Å². The Morgan fingerprint density at radius 3 is 2.45 bits per heavy atom. The molecule has 2 aliphatic rings. The van der Waals surface area contributed by atoms with E-state index in [4.69, 9.17) is 14.2 Å². The molecule has 2 atom stereocenters. The summed E-state index contributed by atoms with van der Waals surface area (Å²) in [5.74, 6) is -0.257. The van der Waals surface area contributed by atoms with E-state index in [1.165, 1.54) is 45.6 Å². The van der Waals surface area contributed by atoms with Crippen LogP contribution in [0.2, 0.25) is 0 Å². The van der Waals surface area contributed by atoms with Crippen LogP contribution in [-0.4, -0.2) is 25.7 Å². The Balaban J connectivity index is 1.74. The fourth-order valence-corrected chi connectivity index (χ4v) is 3.51. The average Bonchev–Trinajstić information content (AvgIpc) is 2.82. The smallest absolute Gasteiger partial charge is 0.309 e. The summed E-state index contributed by atoms with van der Waals surface area (Å²) in [6, 6.07) is 0. The summed E-state index contributed by atoms with van der Waals surface area (Å²) in [5.41, 5.74) is 0. The second-order valence-electron chi connectivity index (χ2n) is 6.17. The third-order valence-electron chi connectivity index (χ3n) is 4.75. The molecule has 1 aliphatic carbocycles. The first kappa shape index (κ1) is 15.8. The average molecular weight is 284 g/mol. The van der Waals surface area contributed by atoms with Crippen molar-refractivity contribution in [3.05, 3.63) is 0 Å². The van der Waals surface area contributed by atoms with Crippen LogP contribution in [0.3, 0.4) is 0 Å². The molecule has 4 nitrogen and oxygen atoms in total. The van der Waals surface area contributed by atoms with E-state index < -0.39 is 5.79 Å². The van der Waals surface area contributed by atoms with Gasteiger partial charge in [0.05, 0.1) is 13.0 Å². The largest absolute Gasteiger partial charge is 0.469 e. The fourth-order valence-electron chi connectivity index (χ4n) is 3.51. The lowest BCUT2D eigenvalue weighted by Gasteiger charge is -2.38. The highest BCUT2D eigenvalue weighted by Crippen LogP contribution is 2.48. The molecule has 2 fully saturated rings. The Labute approximate surface area is 122 Å². The Kier molecular flexibility index (Phi) is 5.85. The molecule has 0 N–H and O–H groups in total. The molecule has 0 bridgehead atoms. The lowest BCUT2D eigenvalue weighted by molar-refractivity contribution is -0.395. The van der Waals surface area contributed by atoms with Gasteiger partial charge in [0.15, 0.2) is 12.6 Å². The Hall–Kier alpha value is -0.610. The summed E-state index contributed by atoms with van der Waals surface area (Å²) < 4.78 is 16.1. The van der Waals surface area contributed by atoms with Gasteiger partial charge in [-0.2, -0.15) is 0 Å². The van der Waals surface area contributed by atoms with Crippen LogP contribution >= 0.6 is 0 Å². The number of carbonyl (C=O) groups is 1. The molecule has 116 valence electrons. The maximum absolute atomic E-state index is 11.9. The molecule has 4 heteroatoms. The quantitative estimate of drug-likeness (QED) is 0.504. The van der Waals surface area contributed by atoms with E-state index in [1.807, 2.05) is 0 Å². The highest BCUT2D eigenvalue weighted by atomic mass is 16.9. The van der Waals surface area contributed by atoms with Crippen molar-refractivity contribution in [2.75, 3.05) is 13.9 Å². The molecule has 1 saturated heterocycles. The minimum absolute atomic E-state index is 0.0454. The number of hydrogen-bond acceptors (Lipinski definition) is 4. The second-order valence-corrected chi connectivity index (χ2v) is 6.17. The zero-order chi connectivity index (χ0) is 14.4. The maximum atomic E-state index is 11.9. The Morgan fingerprint density at radius 1 is 1.15 bits per heavy atom. The molecule has 1 saturated carbocycles. The number of hydrogen-bond donors (Lipinski definition) is 0. The van der Waals surface area contributed by atoms with E-state index in [9.17, 15) is 4.79 Å². The Bertz CT molecular complexity index is 312. The molecule has 0 aromatic carbocycles. The van der Waals surface area contributed by atoms with Crippen LogP contribution in [0, 0.1) is 11.8 Å². The van der Waals surface area contributed by atoms with Crippen LogP contribution in [0.1, 0.15) is 64.7 Å². The van der Waals surface area contributed by atoms with E-state index in [0.717, 1.165) is 12.8 Å². The van der Waals surface area contributed by atoms with Crippen molar-refractivity contribution in [2.45, 2.75) is 70.5 Å². The number of carbonyl (C=O) groups excluding carboxylic acids is 1. The topological polar surface area (TPSA) is 44.8 Å². The summed E-state index contributed by atoms with van der Waals surface area (Å²) in [6.45, 7) is 2.61. The van der Waals surface area contributed by atoms with Crippen LogP contribution in [0.4, 0.5) is 0 Å². The summed E-state index contributed by atoms with van der Waals surface area (Å²) >= 11 is 0. The van der Waals surface area contributed by atoms with Gasteiger partial charge in [-0.25, -0.2) is 0 Å². The second kappa shape index (κ2) is 7.41. The van der Waals surface area contributed by atoms with Gasteiger partial charge in [0.25, 0.3) is 0 Å². The summed E-state index contributed by atoms with van der Waals surface area (Å²) in [7, 11) is 1.47. The number of ether oxygens (including phenoxy) is 3. The fraction of sp³-hybridized carbons (Fsp3) is 0.938. The van der Waals surface area contributed by atoms with Gasteiger partial charge >= 0.3 is 5.97 Å². The van der Waals surface area contributed by atoms with Crippen molar-refractivity contribution in [3.8, 4) is 0 Å². The minimum atomic E-state index is -0.467. The SMILES string of the molecule is CCCCCCCC[C@@H]1CC2(C[C@@H]1C(=O)OC)OCO2. The number of esters is 1. The van der Waals surface area contributed by atoms with Crippen LogP contribution in [0.25, 0.3) is 0 Å². The molecule has 0 amide bonds. The standard InChI is InChI=1S/C16H28O4/c1-3-4-5-6-7-8-9-13-10-16(19-12-20-16)11-14(13)15(17)18-2/h13-14H,3-12H2,1-2H3/t13-,14+/m1/s1. The Morgan fingerprint density at radius 2 is 1.85 bits per heavy atom. The van der Waals surface area contributed by atoms with Crippen molar-refractivity contribution >= 4 is 5.97 Å². The van der Waals surface area contributed by atoms with Crippen molar-refractivity contribution in [1.82, 2.24) is 0 Å². The summed E-state index contributed by atoms with van der Waals surface area (Å²) in [5, 5.41) is 0. The molecule has 0 aromatic heterocycles. The molecule has 1 aliphatic heterocycles. The van der Waals surface area contributed by atoms with Crippen LogP contribution in [-0.2, 0) is 19.0 Å². The first-order chi connectivity index (χ1) is 9.71. The van der Waals surface area contributed by atoms with Gasteiger partial charge in [-0.05, 0) is 12.3 Å². The molecule has 0 radical (unpaired) electrons. The van der Waals surface area contributed by atoms with Crippen molar-refractivity contribution in [1.29, 1.82) is 0 Å². The van der Waals surface area contributed by atoms with Gasteiger partial charge in [0, 0.05) is 12.8 Å². The first-order valence-corrected chi connectivity index (χ1v) is 8.06. The summed E-state index contributed by atoms with van der Waals surface area (Å²) in [4.78, 5) is 11.9. The van der Waals surface area contributed by atoms with Gasteiger partial charge in [-0.1, -0.05) is 45.4 Å². The van der Waals surface area contributed by atoms with E-state index in [2.05, 4.69) is 6.92 Å². The lowest BCUT2D eigenvalue weighted by Crippen LogP contribution is -2.44. The van der Waals surface area contributed by atoms with Crippen molar-refractivity contribution < 1.29 is 19.0 Å². The van der Waals surface area contributed by atoms with Gasteiger partial charge in [-0.3, -0.25) is 4.79 Å². The van der Waals surface area contributed by atoms with E-state index in [-0.39, 0.29) is 11.9 Å². The molecule has 1 heterocycles. The molecule has 20 heavy (non-hydrogen) atoms. The van der Waals surface area contributed by atoms with Gasteiger partial charge in [0.1, 0.15) is 0 Å². The third-order valence-corrected chi connectivity index (χ3v) is 4.75. The van der Waals surface area contributed by atoms with E-state index in [0.29, 0.717) is 19.1 Å². The predicted molar refractivity (Wildman–Crippen MR) is 76.0 cm³/mol. The molecule has 0 aromatic rings. The molecular weight excluding hydrogens is 256 g/mol. The summed E-state index contributed by atoms with van der Waals surface area (Å²) in [6.07, 6.45) is 10.3. The molecular formula is C16H28O4. The van der Waals surface area contributed by atoms with Crippen LogP contribution in [0.5, 0.6) is 0 Å². The lowest BCUT2D eigenvalue weighted by atomic mass is 9.90. The van der Waals surface area contributed by atoms with Crippen LogP contribution < -0.4 is 0 Å². The third kappa shape index (κ3) is 3.73. The monoisotopic (exact) mass is 284 g/mol. The first-order valence-electron chi connectivity index (χ1n) is 8.06. The molecule has 2 rings (SSSR count). The normalized spacial score (nSPS) is 27.5. The predicted octanol–water partition coefficient (Wildman–Crippen LogP) is 3.64. The number of methoxy groups -OCH3 is 1. The van der Waals surface area contributed by atoms with Gasteiger partial charge in [-0.15, -0.1) is 0 Å². The molecule has 1 spiro atoms.